The summed E-state index contributed by atoms with van der Waals surface area (Å²) in [7, 11) is -1.01. The van der Waals surface area contributed by atoms with Gasteiger partial charge in [0.15, 0.2) is 5.82 Å². The van der Waals surface area contributed by atoms with Crippen molar-refractivity contribution in [1.29, 1.82) is 0 Å². The van der Waals surface area contributed by atoms with Gasteiger partial charge in [0.2, 0.25) is 0 Å². The molecule has 0 aliphatic carbocycles. The Bertz CT molecular complexity index is 1250. The van der Waals surface area contributed by atoms with E-state index in [1.54, 1.807) is 44.3 Å². The zero-order valence-corrected chi connectivity index (χ0v) is 19.0. The second-order valence-electron chi connectivity index (χ2n) is 7.05. The van der Waals surface area contributed by atoms with E-state index < -0.39 is 21.9 Å². The Morgan fingerprint density at radius 1 is 1.16 bits per heavy atom. The number of benzene rings is 2. The summed E-state index contributed by atoms with van der Waals surface area (Å²) in [4.78, 5) is 25.0. The molecule has 0 aliphatic heterocycles. The van der Waals surface area contributed by atoms with Gasteiger partial charge in [0.25, 0.3) is 15.9 Å². The number of nitrogens with one attached hydrogen (secondary N) is 1. The Morgan fingerprint density at radius 3 is 2.50 bits per heavy atom. The van der Waals surface area contributed by atoms with E-state index in [-0.39, 0.29) is 28.4 Å². The summed E-state index contributed by atoms with van der Waals surface area (Å²) in [6.45, 7) is 3.80. The number of hydrogen-bond acceptors (Lipinski definition) is 6. The first-order valence-electron chi connectivity index (χ1n) is 9.81. The molecular formula is C22H24N4O5S. The van der Waals surface area contributed by atoms with Crippen LogP contribution in [0.5, 0.6) is 0 Å². The normalized spacial score (nSPS) is 11.1. The van der Waals surface area contributed by atoms with Crippen LogP contribution in [-0.4, -0.2) is 43.7 Å². The Labute approximate surface area is 186 Å². The largest absolute Gasteiger partial charge is 0.462 e. The lowest BCUT2D eigenvalue weighted by Crippen LogP contribution is -2.30. The number of aromatic nitrogens is 2. The first kappa shape index (κ1) is 23.0. The molecule has 168 valence electrons. The van der Waals surface area contributed by atoms with Gasteiger partial charge in [-0.05, 0) is 44.2 Å². The third-order valence-electron chi connectivity index (χ3n) is 4.76. The van der Waals surface area contributed by atoms with Gasteiger partial charge >= 0.3 is 5.97 Å². The molecule has 0 fully saturated rings. The number of rotatable bonds is 7. The molecule has 0 radical (unpaired) electrons. The molecular weight excluding hydrogens is 432 g/mol. The first-order valence-corrected chi connectivity index (χ1v) is 11.2. The second kappa shape index (κ2) is 9.23. The molecule has 0 saturated heterocycles. The summed E-state index contributed by atoms with van der Waals surface area (Å²) in [5, 5.41) is 6.75. The summed E-state index contributed by atoms with van der Waals surface area (Å²) in [6.07, 6.45) is 1.29. The second-order valence-corrected chi connectivity index (χ2v) is 9.02. The predicted octanol–water partition coefficient (Wildman–Crippen LogP) is 2.98. The van der Waals surface area contributed by atoms with Crippen LogP contribution in [-0.2, 0) is 21.8 Å². The van der Waals surface area contributed by atoms with Gasteiger partial charge in [0, 0.05) is 19.8 Å². The van der Waals surface area contributed by atoms with Gasteiger partial charge in [-0.15, -0.1) is 0 Å². The van der Waals surface area contributed by atoms with Gasteiger partial charge in [-0.3, -0.25) is 13.8 Å². The van der Waals surface area contributed by atoms with E-state index in [1.165, 1.54) is 36.1 Å². The summed E-state index contributed by atoms with van der Waals surface area (Å²) in [6, 6.07) is 12.7. The van der Waals surface area contributed by atoms with Crippen molar-refractivity contribution in [1.82, 2.24) is 9.78 Å². The highest BCUT2D eigenvalue weighted by Crippen LogP contribution is 2.26. The molecule has 1 N–H and O–H groups in total. The zero-order valence-electron chi connectivity index (χ0n) is 18.2. The van der Waals surface area contributed by atoms with Gasteiger partial charge in [0.05, 0.1) is 23.3 Å². The van der Waals surface area contributed by atoms with E-state index in [0.717, 1.165) is 9.87 Å². The number of hydrogen-bond donors (Lipinski definition) is 1. The molecule has 3 rings (SSSR count). The van der Waals surface area contributed by atoms with Crippen molar-refractivity contribution in [3.05, 3.63) is 71.4 Å². The van der Waals surface area contributed by atoms with Gasteiger partial charge in [-0.25, -0.2) is 13.2 Å². The van der Waals surface area contributed by atoms with Crippen LogP contribution >= 0.6 is 0 Å². The van der Waals surface area contributed by atoms with Crippen LogP contribution in [0, 0.1) is 6.92 Å². The molecule has 1 aromatic heterocycles. The number of nitrogens with zero attached hydrogens (tertiary/aromatic N) is 3. The van der Waals surface area contributed by atoms with Crippen LogP contribution < -0.4 is 9.62 Å². The minimum Gasteiger partial charge on any atom is -0.462 e. The fourth-order valence-electron chi connectivity index (χ4n) is 3.08. The van der Waals surface area contributed by atoms with Crippen LogP contribution in [0.15, 0.2) is 59.6 Å². The van der Waals surface area contributed by atoms with E-state index in [4.69, 9.17) is 4.74 Å². The maximum absolute atomic E-state index is 13.1. The maximum Gasteiger partial charge on any atom is 0.338 e. The van der Waals surface area contributed by atoms with Crippen molar-refractivity contribution in [3.63, 3.8) is 0 Å². The SMILES string of the molecule is CCOC(=O)c1cccc(NC(=O)c2cnn(C)c2N(C)S(=O)(=O)c2ccc(C)cc2)c1. The fraction of sp³-hybridized carbons (Fsp3) is 0.227. The Balaban J connectivity index is 1.90. The number of carbonyl (C=O) groups is 2. The smallest absolute Gasteiger partial charge is 0.338 e. The molecule has 0 unspecified atom stereocenters. The topological polar surface area (TPSA) is 111 Å². The third-order valence-corrected chi connectivity index (χ3v) is 6.52. The first-order chi connectivity index (χ1) is 15.1. The number of amides is 1. The third kappa shape index (κ3) is 4.65. The molecule has 10 heteroatoms. The molecule has 9 nitrogen and oxygen atoms in total. The monoisotopic (exact) mass is 456 g/mol. The van der Waals surface area contributed by atoms with Gasteiger partial charge in [0.1, 0.15) is 5.56 Å². The molecule has 3 aromatic rings. The minimum atomic E-state index is -3.92. The Kier molecular flexibility index (Phi) is 6.64. The lowest BCUT2D eigenvalue weighted by atomic mass is 10.2. The lowest BCUT2D eigenvalue weighted by molar-refractivity contribution is 0.0526. The molecule has 1 heterocycles. The van der Waals surface area contributed by atoms with Crippen molar-refractivity contribution < 1.29 is 22.7 Å². The summed E-state index contributed by atoms with van der Waals surface area (Å²) < 4.78 is 33.5. The zero-order chi connectivity index (χ0) is 23.5. The number of esters is 1. The molecule has 0 aliphatic rings. The highest BCUT2D eigenvalue weighted by atomic mass is 32.2. The van der Waals surface area contributed by atoms with Crippen LogP contribution in [0.4, 0.5) is 11.5 Å². The predicted molar refractivity (Wildman–Crippen MR) is 120 cm³/mol. The van der Waals surface area contributed by atoms with Crippen molar-refractivity contribution in [2.45, 2.75) is 18.7 Å². The van der Waals surface area contributed by atoms with Crippen molar-refractivity contribution in [3.8, 4) is 0 Å². The number of anilines is 2. The molecule has 0 atom stereocenters. The molecule has 2 aromatic carbocycles. The molecule has 1 amide bonds. The fourth-order valence-corrected chi connectivity index (χ4v) is 4.32. The summed E-state index contributed by atoms with van der Waals surface area (Å²) in [5.41, 5.74) is 1.64. The Morgan fingerprint density at radius 2 is 1.84 bits per heavy atom. The van der Waals surface area contributed by atoms with E-state index in [1.807, 2.05) is 6.92 Å². The standard InChI is InChI=1S/C22H24N4O5S/c1-5-31-22(28)16-7-6-8-17(13-16)24-20(27)19-14-23-25(3)21(19)26(4)32(29,30)18-11-9-15(2)10-12-18/h6-14H,5H2,1-4H3,(H,24,27). The van der Waals surface area contributed by atoms with Crippen molar-refractivity contribution in [2.24, 2.45) is 7.05 Å². The highest BCUT2D eigenvalue weighted by Gasteiger charge is 2.28. The van der Waals surface area contributed by atoms with Crippen LogP contribution in [0.25, 0.3) is 0 Å². The van der Waals surface area contributed by atoms with Crippen molar-refractivity contribution >= 4 is 33.4 Å². The van der Waals surface area contributed by atoms with E-state index >= 15 is 0 Å². The quantitative estimate of drug-likeness (QED) is 0.547. The van der Waals surface area contributed by atoms with Gasteiger partial charge < -0.3 is 10.1 Å². The number of sulfonamides is 1. The molecule has 32 heavy (non-hydrogen) atoms. The minimum absolute atomic E-state index is 0.0622. The van der Waals surface area contributed by atoms with Crippen LogP contribution in [0.1, 0.15) is 33.2 Å². The number of aryl methyl sites for hydroxylation is 2. The molecule has 0 bridgehead atoms. The lowest BCUT2D eigenvalue weighted by Gasteiger charge is -2.21. The summed E-state index contributed by atoms with van der Waals surface area (Å²) >= 11 is 0. The van der Waals surface area contributed by atoms with E-state index in [2.05, 4.69) is 10.4 Å². The average Bonchev–Trinajstić information content (AvgIpc) is 3.15. The number of ether oxygens (including phenoxy) is 1. The van der Waals surface area contributed by atoms with Crippen LogP contribution in [0.2, 0.25) is 0 Å². The van der Waals surface area contributed by atoms with Crippen LogP contribution in [0.3, 0.4) is 0 Å². The highest BCUT2D eigenvalue weighted by molar-refractivity contribution is 7.92. The van der Waals surface area contributed by atoms with Gasteiger partial charge in [-0.2, -0.15) is 5.10 Å². The molecule has 0 saturated carbocycles. The maximum atomic E-state index is 13.1. The van der Waals surface area contributed by atoms with E-state index in [9.17, 15) is 18.0 Å². The Hall–Kier alpha value is -3.66. The van der Waals surface area contributed by atoms with E-state index in [0.29, 0.717) is 5.69 Å². The summed E-state index contributed by atoms with van der Waals surface area (Å²) in [5.74, 6) is -0.973. The van der Waals surface area contributed by atoms with Gasteiger partial charge in [-0.1, -0.05) is 23.8 Å². The molecule has 0 spiro atoms. The van der Waals surface area contributed by atoms with Crippen molar-refractivity contribution in [2.75, 3.05) is 23.3 Å². The number of carbonyl (C=O) groups excluding carboxylic acids is 2. The average molecular weight is 457 g/mol.